The molecule has 2 aliphatic heterocycles. The maximum absolute atomic E-state index is 13.0. The van der Waals surface area contributed by atoms with E-state index >= 15 is 0 Å². The Hall–Kier alpha value is -2.91. The minimum absolute atomic E-state index is 0.0725. The third-order valence-electron chi connectivity index (χ3n) is 4.84. The number of hydrazine groups is 1. The quantitative estimate of drug-likeness (QED) is 0.262. The number of nitrogens with zero attached hydrogens (tertiary/aromatic N) is 2. The number of imide groups is 1. The first kappa shape index (κ1) is 21.0. The minimum Gasteiger partial charge on any atom is -0.457 e. The van der Waals surface area contributed by atoms with Gasteiger partial charge in [0.1, 0.15) is 11.5 Å². The van der Waals surface area contributed by atoms with E-state index in [4.69, 9.17) is 39.8 Å². The molecule has 3 heterocycles. The number of thiocarbonyl (C=S) groups is 1. The van der Waals surface area contributed by atoms with Gasteiger partial charge in [-0.1, -0.05) is 47.1 Å². The van der Waals surface area contributed by atoms with Crippen molar-refractivity contribution in [3.63, 3.8) is 0 Å². The van der Waals surface area contributed by atoms with Gasteiger partial charge in [0.2, 0.25) is 0 Å². The van der Waals surface area contributed by atoms with Crippen LogP contribution >= 0.6 is 47.2 Å². The molecule has 0 aliphatic carbocycles. The summed E-state index contributed by atoms with van der Waals surface area (Å²) in [5.41, 5.74) is 1.10. The number of halogens is 2. The second-order valence-electron chi connectivity index (χ2n) is 6.79. The molecule has 3 amide bonds. The molecule has 5 rings (SSSR count). The van der Waals surface area contributed by atoms with Crippen LogP contribution in [0.5, 0.6) is 0 Å². The van der Waals surface area contributed by atoms with E-state index in [2.05, 4.69) is 0 Å². The predicted octanol–water partition coefficient (Wildman–Crippen LogP) is 5.67. The molecule has 1 fully saturated rings. The number of carbonyl (C=O) groups is 3. The molecule has 10 heteroatoms. The maximum atomic E-state index is 13.0. The van der Waals surface area contributed by atoms with Gasteiger partial charge in [0.15, 0.2) is 4.32 Å². The molecule has 0 spiro atoms. The molecule has 6 nitrogen and oxygen atoms in total. The van der Waals surface area contributed by atoms with E-state index in [0.29, 0.717) is 27.1 Å². The van der Waals surface area contributed by atoms with Gasteiger partial charge in [-0.25, -0.2) is 0 Å². The summed E-state index contributed by atoms with van der Waals surface area (Å²) in [5.74, 6) is -0.902. The van der Waals surface area contributed by atoms with Gasteiger partial charge < -0.3 is 4.42 Å². The number of fused-ring (bicyclic) bond motifs is 1. The normalized spacial score (nSPS) is 17.1. The smallest absolute Gasteiger partial charge is 0.285 e. The van der Waals surface area contributed by atoms with Gasteiger partial charge in [0.05, 0.1) is 21.1 Å². The van der Waals surface area contributed by atoms with Crippen LogP contribution < -0.4 is 0 Å². The molecular weight excluding hydrogens is 491 g/mol. The van der Waals surface area contributed by atoms with E-state index in [1.807, 2.05) is 0 Å². The van der Waals surface area contributed by atoms with Crippen LogP contribution in [0.1, 0.15) is 26.5 Å². The number of thioether (sulfide) groups is 1. The van der Waals surface area contributed by atoms with Crippen LogP contribution in [0.3, 0.4) is 0 Å². The average Bonchev–Trinajstić information content (AvgIpc) is 3.40. The van der Waals surface area contributed by atoms with Crippen molar-refractivity contribution in [2.24, 2.45) is 0 Å². The van der Waals surface area contributed by atoms with Crippen molar-refractivity contribution in [2.75, 3.05) is 0 Å². The Morgan fingerprint density at radius 2 is 1.53 bits per heavy atom. The lowest BCUT2D eigenvalue weighted by molar-refractivity contribution is -0.128. The Labute approximate surface area is 201 Å². The Morgan fingerprint density at radius 3 is 2.19 bits per heavy atom. The standard InChI is InChI=1S/C22H10Cl2N2O4S2/c23-11-5-7-15(16(24)9-11)17-8-6-12(30-17)10-18-21(29)26(22(31)32-18)25-19(27)13-3-1-2-4-14(13)20(25)28/h1-10H/b18-10+. The lowest BCUT2D eigenvalue weighted by Gasteiger charge is -2.23. The van der Waals surface area contributed by atoms with Crippen molar-refractivity contribution in [1.29, 1.82) is 0 Å². The van der Waals surface area contributed by atoms with Gasteiger partial charge in [-0.15, -0.1) is 0 Å². The molecule has 2 aromatic carbocycles. The fraction of sp³-hybridized carbons (Fsp3) is 0. The fourth-order valence-electron chi connectivity index (χ4n) is 3.38. The van der Waals surface area contributed by atoms with Crippen molar-refractivity contribution in [3.8, 4) is 11.3 Å². The van der Waals surface area contributed by atoms with Crippen molar-refractivity contribution >= 4 is 75.3 Å². The zero-order valence-electron chi connectivity index (χ0n) is 15.9. The van der Waals surface area contributed by atoms with E-state index in [1.54, 1.807) is 42.5 Å². The van der Waals surface area contributed by atoms with E-state index in [0.717, 1.165) is 21.8 Å². The van der Waals surface area contributed by atoms with Crippen LogP contribution in [-0.2, 0) is 4.79 Å². The highest BCUT2D eigenvalue weighted by Crippen LogP contribution is 2.38. The molecule has 0 unspecified atom stereocenters. The largest absolute Gasteiger partial charge is 0.457 e. The third-order valence-corrected chi connectivity index (χ3v) is 6.67. The molecule has 0 bridgehead atoms. The number of rotatable bonds is 3. The monoisotopic (exact) mass is 500 g/mol. The van der Waals surface area contributed by atoms with E-state index in [-0.39, 0.29) is 20.4 Å². The predicted molar refractivity (Wildman–Crippen MR) is 126 cm³/mol. The highest BCUT2D eigenvalue weighted by atomic mass is 35.5. The van der Waals surface area contributed by atoms with Gasteiger partial charge in [0.25, 0.3) is 17.7 Å². The SMILES string of the molecule is O=C1/C(=C\c2ccc(-c3ccc(Cl)cc3Cl)o2)SC(=S)N1N1C(=O)c2ccccc2C1=O. The first-order chi connectivity index (χ1) is 15.3. The molecule has 1 saturated heterocycles. The zero-order chi connectivity index (χ0) is 22.6. The minimum atomic E-state index is -0.596. The first-order valence-electron chi connectivity index (χ1n) is 9.16. The molecular formula is C22H10Cl2N2O4S2. The summed E-state index contributed by atoms with van der Waals surface area (Å²) in [6.45, 7) is 0. The summed E-state index contributed by atoms with van der Waals surface area (Å²) < 4.78 is 5.88. The van der Waals surface area contributed by atoms with Crippen molar-refractivity contribution in [3.05, 3.63) is 86.4 Å². The van der Waals surface area contributed by atoms with Gasteiger partial charge in [0, 0.05) is 16.7 Å². The average molecular weight is 501 g/mol. The summed E-state index contributed by atoms with van der Waals surface area (Å²) in [5, 5.41) is 2.64. The fourth-order valence-corrected chi connectivity index (χ4v) is 5.11. The Bertz CT molecular complexity index is 1350. The van der Waals surface area contributed by atoms with Crippen LogP contribution in [0.15, 0.2) is 63.9 Å². The third kappa shape index (κ3) is 3.36. The molecule has 0 radical (unpaired) electrons. The van der Waals surface area contributed by atoms with E-state index < -0.39 is 17.7 Å². The molecule has 0 atom stereocenters. The number of hydrogen-bond acceptors (Lipinski definition) is 6. The van der Waals surface area contributed by atoms with Crippen molar-refractivity contribution < 1.29 is 18.8 Å². The van der Waals surface area contributed by atoms with Crippen LogP contribution in [0.4, 0.5) is 0 Å². The summed E-state index contributed by atoms with van der Waals surface area (Å²) in [6.07, 6.45) is 1.50. The van der Waals surface area contributed by atoms with Crippen LogP contribution in [0, 0.1) is 0 Å². The summed E-state index contributed by atoms with van der Waals surface area (Å²) in [4.78, 5) is 38.8. The number of carbonyl (C=O) groups excluding carboxylic acids is 3. The Kier molecular flexibility index (Phi) is 5.17. The van der Waals surface area contributed by atoms with Gasteiger partial charge >= 0.3 is 0 Å². The lowest BCUT2D eigenvalue weighted by Crippen LogP contribution is -2.48. The second kappa shape index (κ2) is 7.90. The molecule has 0 N–H and O–H groups in total. The number of amides is 3. The van der Waals surface area contributed by atoms with Crippen LogP contribution in [0.25, 0.3) is 17.4 Å². The zero-order valence-corrected chi connectivity index (χ0v) is 19.0. The van der Waals surface area contributed by atoms with E-state index in [9.17, 15) is 14.4 Å². The maximum Gasteiger partial charge on any atom is 0.285 e. The van der Waals surface area contributed by atoms with Gasteiger partial charge in [-0.05, 0) is 54.7 Å². The van der Waals surface area contributed by atoms with Gasteiger partial charge in [-0.3, -0.25) is 14.4 Å². The van der Waals surface area contributed by atoms with E-state index in [1.165, 1.54) is 18.2 Å². The molecule has 1 aromatic heterocycles. The van der Waals surface area contributed by atoms with Crippen LogP contribution in [-0.4, -0.2) is 32.1 Å². The molecule has 32 heavy (non-hydrogen) atoms. The molecule has 158 valence electrons. The Morgan fingerprint density at radius 1 is 0.844 bits per heavy atom. The van der Waals surface area contributed by atoms with Crippen molar-refractivity contribution in [1.82, 2.24) is 10.0 Å². The molecule has 0 saturated carbocycles. The van der Waals surface area contributed by atoms with Crippen LogP contribution in [0.2, 0.25) is 10.0 Å². The number of hydrogen-bond donors (Lipinski definition) is 0. The second-order valence-corrected chi connectivity index (χ2v) is 9.31. The van der Waals surface area contributed by atoms with Crippen molar-refractivity contribution in [2.45, 2.75) is 0 Å². The highest BCUT2D eigenvalue weighted by Gasteiger charge is 2.47. The topological polar surface area (TPSA) is 70.8 Å². The summed E-state index contributed by atoms with van der Waals surface area (Å²) >= 11 is 18.4. The first-order valence-corrected chi connectivity index (χ1v) is 11.1. The lowest BCUT2D eigenvalue weighted by atomic mass is 10.1. The Balaban J connectivity index is 1.43. The highest BCUT2D eigenvalue weighted by molar-refractivity contribution is 8.26. The molecule has 2 aliphatic rings. The number of benzene rings is 2. The summed E-state index contributed by atoms with van der Waals surface area (Å²) in [7, 11) is 0. The van der Waals surface area contributed by atoms with Gasteiger partial charge in [-0.2, -0.15) is 10.0 Å². The molecule has 3 aromatic rings. The summed E-state index contributed by atoms with van der Waals surface area (Å²) in [6, 6.07) is 14.8. The number of furan rings is 1.